The zero-order valence-electron chi connectivity index (χ0n) is 7.88. The fourth-order valence-electron chi connectivity index (χ4n) is 1.54. The van der Waals surface area contributed by atoms with Crippen molar-refractivity contribution < 1.29 is 0 Å². The molecule has 14 heavy (non-hydrogen) atoms. The van der Waals surface area contributed by atoms with Gasteiger partial charge in [0.15, 0.2) is 0 Å². The third-order valence-corrected chi connectivity index (χ3v) is 2.30. The second-order valence-electron chi connectivity index (χ2n) is 3.25. The number of benzene rings is 1. The van der Waals surface area contributed by atoms with Gasteiger partial charge in [-0.05, 0) is 11.6 Å². The molecule has 0 saturated carbocycles. The molecule has 1 aromatic carbocycles. The van der Waals surface area contributed by atoms with Gasteiger partial charge in [-0.25, -0.2) is 0 Å². The lowest BCUT2D eigenvalue weighted by atomic mass is 9.94. The molecule has 1 aliphatic heterocycles. The van der Waals surface area contributed by atoms with Crippen LogP contribution in [-0.4, -0.2) is 0 Å². The van der Waals surface area contributed by atoms with Crippen molar-refractivity contribution in [1.82, 2.24) is 0 Å². The molecule has 2 nitrogen and oxygen atoms in total. The average Bonchev–Trinajstić information content (AvgIpc) is 2.18. The molecule has 2 rings (SSSR count). The summed E-state index contributed by atoms with van der Waals surface area (Å²) in [5.74, 6) is 0. The summed E-state index contributed by atoms with van der Waals surface area (Å²) in [5, 5.41) is 3.16. The topological polar surface area (TPSA) is 38.0 Å². The van der Waals surface area contributed by atoms with Crippen LogP contribution in [0.3, 0.4) is 0 Å². The van der Waals surface area contributed by atoms with Crippen LogP contribution in [0.2, 0.25) is 0 Å². The second kappa shape index (κ2) is 3.07. The quantitative estimate of drug-likeness (QED) is 0.703. The Kier molecular flexibility index (Phi) is 1.89. The maximum Gasteiger partial charge on any atom is 0.0459 e. The highest BCUT2D eigenvalue weighted by molar-refractivity contribution is 5.90. The Morgan fingerprint density at radius 1 is 1.29 bits per heavy atom. The number of allylic oxidation sites excluding steroid dienone is 1. The SMILES string of the molecule is C=C(N)C1=CNc2ccccc2C1=C. The van der Waals surface area contributed by atoms with Gasteiger partial charge in [-0.3, -0.25) is 0 Å². The summed E-state index contributed by atoms with van der Waals surface area (Å²) in [6, 6.07) is 7.98. The van der Waals surface area contributed by atoms with E-state index in [0.717, 1.165) is 22.4 Å². The van der Waals surface area contributed by atoms with E-state index < -0.39 is 0 Å². The Morgan fingerprint density at radius 2 is 2.00 bits per heavy atom. The van der Waals surface area contributed by atoms with Crippen LogP contribution in [0.25, 0.3) is 5.57 Å². The Bertz CT molecular complexity index is 441. The van der Waals surface area contributed by atoms with Crippen molar-refractivity contribution in [3.8, 4) is 0 Å². The van der Waals surface area contributed by atoms with E-state index in [1.807, 2.05) is 30.5 Å². The zero-order chi connectivity index (χ0) is 10.1. The number of nitrogens with one attached hydrogen (secondary N) is 1. The number of hydrogen-bond donors (Lipinski definition) is 2. The minimum absolute atomic E-state index is 0.539. The molecule has 0 unspecified atom stereocenters. The van der Waals surface area contributed by atoms with Crippen LogP contribution in [-0.2, 0) is 0 Å². The van der Waals surface area contributed by atoms with Crippen molar-refractivity contribution in [3.05, 3.63) is 60.5 Å². The Balaban J connectivity index is 2.50. The molecule has 3 N–H and O–H groups in total. The first-order valence-corrected chi connectivity index (χ1v) is 4.40. The lowest BCUT2D eigenvalue weighted by Gasteiger charge is -2.20. The molecule has 2 heteroatoms. The molecular weight excluding hydrogens is 172 g/mol. The van der Waals surface area contributed by atoms with Crippen molar-refractivity contribution >= 4 is 11.3 Å². The fourth-order valence-corrected chi connectivity index (χ4v) is 1.54. The molecule has 70 valence electrons. The molecule has 0 aromatic heterocycles. The first kappa shape index (κ1) is 8.63. The monoisotopic (exact) mass is 184 g/mol. The van der Waals surface area contributed by atoms with Crippen LogP contribution in [0.4, 0.5) is 5.69 Å². The van der Waals surface area contributed by atoms with E-state index in [1.165, 1.54) is 0 Å². The summed E-state index contributed by atoms with van der Waals surface area (Å²) in [6.45, 7) is 7.72. The van der Waals surface area contributed by atoms with Crippen LogP contribution in [0.5, 0.6) is 0 Å². The number of hydrogen-bond acceptors (Lipinski definition) is 2. The summed E-state index contributed by atoms with van der Waals surface area (Å²) in [5.41, 5.74) is 10.1. The standard InChI is InChI=1S/C12H12N2/c1-8-10-5-3-4-6-12(10)14-7-11(8)9(2)13/h3-7,14H,1-2,13H2. The van der Waals surface area contributed by atoms with Gasteiger partial charge in [0.1, 0.15) is 0 Å². The van der Waals surface area contributed by atoms with Crippen LogP contribution >= 0.6 is 0 Å². The minimum Gasteiger partial charge on any atom is -0.399 e. The highest BCUT2D eigenvalue weighted by atomic mass is 14.9. The van der Waals surface area contributed by atoms with Gasteiger partial charge in [0.2, 0.25) is 0 Å². The smallest absolute Gasteiger partial charge is 0.0459 e. The van der Waals surface area contributed by atoms with Gasteiger partial charge in [0.05, 0.1) is 0 Å². The second-order valence-corrected chi connectivity index (χ2v) is 3.25. The van der Waals surface area contributed by atoms with Crippen LogP contribution < -0.4 is 11.1 Å². The van der Waals surface area contributed by atoms with Crippen LogP contribution in [0.15, 0.2) is 54.9 Å². The zero-order valence-corrected chi connectivity index (χ0v) is 7.88. The largest absolute Gasteiger partial charge is 0.399 e. The maximum atomic E-state index is 5.65. The van der Waals surface area contributed by atoms with Crippen molar-refractivity contribution in [2.24, 2.45) is 5.73 Å². The third kappa shape index (κ3) is 1.21. The molecule has 0 amide bonds. The highest BCUT2D eigenvalue weighted by Crippen LogP contribution is 2.33. The average molecular weight is 184 g/mol. The first-order valence-electron chi connectivity index (χ1n) is 4.40. The van der Waals surface area contributed by atoms with Crippen molar-refractivity contribution in [3.63, 3.8) is 0 Å². The summed E-state index contributed by atoms with van der Waals surface area (Å²) < 4.78 is 0. The summed E-state index contributed by atoms with van der Waals surface area (Å²) in [6.07, 6.45) is 1.84. The van der Waals surface area contributed by atoms with E-state index in [2.05, 4.69) is 18.5 Å². The molecule has 0 bridgehead atoms. The van der Waals surface area contributed by atoms with Gasteiger partial charge >= 0.3 is 0 Å². The maximum absolute atomic E-state index is 5.65. The van der Waals surface area contributed by atoms with Crippen molar-refractivity contribution in [2.45, 2.75) is 0 Å². The Morgan fingerprint density at radius 3 is 2.71 bits per heavy atom. The van der Waals surface area contributed by atoms with Gasteiger partial charge in [-0.1, -0.05) is 31.4 Å². The van der Waals surface area contributed by atoms with E-state index in [4.69, 9.17) is 5.73 Å². The molecule has 0 atom stereocenters. The van der Waals surface area contributed by atoms with Gasteiger partial charge < -0.3 is 11.1 Å². The van der Waals surface area contributed by atoms with Crippen molar-refractivity contribution in [2.75, 3.05) is 5.32 Å². The molecule has 1 aliphatic rings. The van der Waals surface area contributed by atoms with E-state index in [9.17, 15) is 0 Å². The van der Waals surface area contributed by atoms with Gasteiger partial charge in [-0.2, -0.15) is 0 Å². The van der Waals surface area contributed by atoms with Gasteiger partial charge in [0, 0.05) is 28.7 Å². The molecule has 0 fully saturated rings. The molecule has 0 radical (unpaired) electrons. The lowest BCUT2D eigenvalue weighted by Crippen LogP contribution is -2.09. The predicted octanol–water partition coefficient (Wildman–Crippen LogP) is 2.48. The number of nitrogens with two attached hydrogens (primary N) is 1. The minimum atomic E-state index is 0.539. The number of anilines is 1. The van der Waals surface area contributed by atoms with Gasteiger partial charge in [-0.15, -0.1) is 0 Å². The first-order chi connectivity index (χ1) is 6.70. The lowest BCUT2D eigenvalue weighted by molar-refractivity contribution is 1.34. The Hall–Kier alpha value is -1.96. The molecule has 0 saturated heterocycles. The third-order valence-electron chi connectivity index (χ3n) is 2.30. The number of rotatable bonds is 1. The molecule has 1 heterocycles. The van der Waals surface area contributed by atoms with E-state index >= 15 is 0 Å². The van der Waals surface area contributed by atoms with Crippen LogP contribution in [0.1, 0.15) is 5.56 Å². The fraction of sp³-hybridized carbons (Fsp3) is 0. The molecule has 0 aliphatic carbocycles. The highest BCUT2D eigenvalue weighted by Gasteiger charge is 2.14. The van der Waals surface area contributed by atoms with E-state index in [0.29, 0.717) is 5.70 Å². The van der Waals surface area contributed by atoms with Crippen LogP contribution in [0, 0.1) is 0 Å². The van der Waals surface area contributed by atoms with Crippen molar-refractivity contribution in [1.29, 1.82) is 0 Å². The molecular formula is C12H12N2. The van der Waals surface area contributed by atoms with Gasteiger partial charge in [0.25, 0.3) is 0 Å². The molecule has 1 aromatic rings. The summed E-state index contributed by atoms with van der Waals surface area (Å²) >= 11 is 0. The number of fused-ring (bicyclic) bond motifs is 1. The molecule has 0 spiro atoms. The van der Waals surface area contributed by atoms with E-state index in [1.54, 1.807) is 0 Å². The summed E-state index contributed by atoms with van der Waals surface area (Å²) in [4.78, 5) is 0. The normalized spacial score (nSPS) is 14.0. The summed E-state index contributed by atoms with van der Waals surface area (Å²) in [7, 11) is 0. The number of para-hydroxylation sites is 1. The van der Waals surface area contributed by atoms with E-state index in [-0.39, 0.29) is 0 Å². The Labute approximate surface area is 83.4 Å². The predicted molar refractivity (Wildman–Crippen MR) is 60.5 cm³/mol.